The Morgan fingerprint density at radius 3 is 2.47 bits per heavy atom. The Morgan fingerprint density at radius 1 is 1.24 bits per heavy atom. The summed E-state index contributed by atoms with van der Waals surface area (Å²) in [6.45, 7) is 6.49. The van der Waals surface area contributed by atoms with Crippen LogP contribution in [0.2, 0.25) is 0 Å². The van der Waals surface area contributed by atoms with E-state index in [0.29, 0.717) is 5.92 Å². The van der Waals surface area contributed by atoms with Gasteiger partial charge in [-0.1, -0.05) is 24.3 Å². The fourth-order valence-electron chi connectivity index (χ4n) is 2.41. The van der Waals surface area contributed by atoms with Crippen molar-refractivity contribution in [1.29, 1.82) is 0 Å². The van der Waals surface area contributed by atoms with E-state index >= 15 is 0 Å². The van der Waals surface area contributed by atoms with Gasteiger partial charge < -0.3 is 10.1 Å². The van der Waals surface area contributed by atoms with E-state index in [1.54, 1.807) is 7.11 Å². The second-order valence-corrected chi connectivity index (χ2v) is 5.38. The van der Waals surface area contributed by atoms with Crippen LogP contribution >= 0.6 is 0 Å². The average Bonchev–Trinajstić information content (AvgIpc) is 2.40. The first-order chi connectivity index (χ1) is 8.13. The Kier molecular flexibility index (Phi) is 3.85. The number of nitrogens with one attached hydrogen (secondary N) is 1. The van der Waals surface area contributed by atoms with E-state index in [9.17, 15) is 0 Å². The molecular weight excluding hydrogens is 210 g/mol. The Labute approximate surface area is 104 Å². The van der Waals surface area contributed by atoms with Gasteiger partial charge in [-0.2, -0.15) is 0 Å². The van der Waals surface area contributed by atoms with Crippen LogP contribution < -0.4 is 5.32 Å². The van der Waals surface area contributed by atoms with Crippen molar-refractivity contribution in [3.63, 3.8) is 0 Å². The molecule has 17 heavy (non-hydrogen) atoms. The summed E-state index contributed by atoms with van der Waals surface area (Å²) in [5.74, 6) is 0.684. The highest BCUT2D eigenvalue weighted by Gasteiger charge is 2.20. The third kappa shape index (κ3) is 2.88. The van der Waals surface area contributed by atoms with E-state index in [2.05, 4.69) is 43.4 Å². The van der Waals surface area contributed by atoms with E-state index in [4.69, 9.17) is 4.74 Å². The van der Waals surface area contributed by atoms with E-state index in [1.807, 2.05) is 0 Å². The summed E-state index contributed by atoms with van der Waals surface area (Å²) in [6, 6.07) is 8.92. The predicted octanol–water partition coefficient (Wildman–Crippen LogP) is 3.04. The molecule has 2 rings (SSSR count). The van der Waals surface area contributed by atoms with Crippen LogP contribution in [0.25, 0.3) is 0 Å². The first kappa shape index (κ1) is 12.6. The summed E-state index contributed by atoms with van der Waals surface area (Å²) in [4.78, 5) is 0. The summed E-state index contributed by atoms with van der Waals surface area (Å²) < 4.78 is 5.50. The van der Waals surface area contributed by atoms with Gasteiger partial charge in [-0.3, -0.25) is 0 Å². The minimum atomic E-state index is -0.191. The van der Waals surface area contributed by atoms with Gasteiger partial charge in [0.05, 0.1) is 5.60 Å². The largest absolute Gasteiger partial charge is 0.374 e. The zero-order valence-corrected chi connectivity index (χ0v) is 11.1. The van der Waals surface area contributed by atoms with Crippen LogP contribution in [0.3, 0.4) is 0 Å². The standard InChI is InChI=1S/C15H23NO/c1-15(2,17-3)14-8-6-12(7-9-14)13-5-4-10-16-11-13/h6-9,13,16H,4-5,10-11H2,1-3H3. The molecule has 2 heteroatoms. The molecule has 1 fully saturated rings. The molecule has 0 spiro atoms. The Balaban J connectivity index is 2.12. The van der Waals surface area contributed by atoms with Gasteiger partial charge in [0.25, 0.3) is 0 Å². The fourth-order valence-corrected chi connectivity index (χ4v) is 2.41. The zero-order chi connectivity index (χ0) is 12.3. The monoisotopic (exact) mass is 233 g/mol. The third-order valence-electron chi connectivity index (χ3n) is 3.88. The van der Waals surface area contributed by atoms with Gasteiger partial charge >= 0.3 is 0 Å². The molecule has 1 saturated heterocycles. The lowest BCUT2D eigenvalue weighted by atomic mass is 9.89. The fraction of sp³-hybridized carbons (Fsp3) is 0.600. The minimum absolute atomic E-state index is 0.191. The number of methoxy groups -OCH3 is 1. The zero-order valence-electron chi connectivity index (χ0n) is 11.1. The first-order valence-corrected chi connectivity index (χ1v) is 6.50. The molecule has 2 nitrogen and oxygen atoms in total. The van der Waals surface area contributed by atoms with Crippen LogP contribution in [0.5, 0.6) is 0 Å². The van der Waals surface area contributed by atoms with Gasteiger partial charge in [-0.25, -0.2) is 0 Å². The number of hydrogen-bond acceptors (Lipinski definition) is 2. The molecule has 1 heterocycles. The van der Waals surface area contributed by atoms with Crippen molar-refractivity contribution in [2.75, 3.05) is 20.2 Å². The summed E-state index contributed by atoms with van der Waals surface area (Å²) >= 11 is 0. The lowest BCUT2D eigenvalue weighted by molar-refractivity contribution is 0.0192. The van der Waals surface area contributed by atoms with Gasteiger partial charge in [0.2, 0.25) is 0 Å². The lowest BCUT2D eigenvalue weighted by Crippen LogP contribution is -2.28. The summed E-state index contributed by atoms with van der Waals surface area (Å²) in [5.41, 5.74) is 2.50. The van der Waals surface area contributed by atoms with Gasteiger partial charge in [0.1, 0.15) is 0 Å². The molecule has 1 atom stereocenters. The quantitative estimate of drug-likeness (QED) is 0.866. The molecule has 0 aromatic heterocycles. The Bertz CT molecular complexity index is 350. The van der Waals surface area contributed by atoms with Crippen molar-refractivity contribution in [3.05, 3.63) is 35.4 Å². The molecule has 94 valence electrons. The maximum Gasteiger partial charge on any atom is 0.0871 e. The number of ether oxygens (including phenoxy) is 1. The molecule has 0 amide bonds. The molecule has 1 aliphatic heterocycles. The lowest BCUT2D eigenvalue weighted by Gasteiger charge is -2.26. The van der Waals surface area contributed by atoms with Gasteiger partial charge in [-0.05, 0) is 50.3 Å². The van der Waals surface area contributed by atoms with Crippen molar-refractivity contribution in [1.82, 2.24) is 5.32 Å². The van der Waals surface area contributed by atoms with Gasteiger partial charge in [-0.15, -0.1) is 0 Å². The predicted molar refractivity (Wildman–Crippen MR) is 71.3 cm³/mol. The molecule has 0 bridgehead atoms. The van der Waals surface area contributed by atoms with Crippen molar-refractivity contribution >= 4 is 0 Å². The number of benzene rings is 1. The van der Waals surface area contributed by atoms with E-state index < -0.39 is 0 Å². The van der Waals surface area contributed by atoms with Crippen LogP contribution in [0.15, 0.2) is 24.3 Å². The third-order valence-corrected chi connectivity index (χ3v) is 3.88. The van der Waals surface area contributed by atoms with E-state index in [1.165, 1.54) is 30.5 Å². The molecular formula is C15H23NO. The molecule has 0 saturated carbocycles. The van der Waals surface area contributed by atoms with Crippen LogP contribution in [-0.2, 0) is 10.3 Å². The molecule has 1 aromatic rings. The first-order valence-electron chi connectivity index (χ1n) is 6.50. The molecule has 1 unspecified atom stereocenters. The minimum Gasteiger partial charge on any atom is -0.374 e. The highest BCUT2D eigenvalue weighted by Crippen LogP contribution is 2.27. The van der Waals surface area contributed by atoms with Crippen molar-refractivity contribution < 1.29 is 4.74 Å². The van der Waals surface area contributed by atoms with Gasteiger partial charge in [0.15, 0.2) is 0 Å². The number of piperidine rings is 1. The summed E-state index contributed by atoms with van der Waals surface area (Å²) in [6.07, 6.45) is 2.59. The normalized spacial score (nSPS) is 21.5. The van der Waals surface area contributed by atoms with E-state index in [0.717, 1.165) is 6.54 Å². The van der Waals surface area contributed by atoms with Crippen LogP contribution in [0.1, 0.15) is 43.7 Å². The second-order valence-electron chi connectivity index (χ2n) is 5.38. The summed E-state index contributed by atoms with van der Waals surface area (Å²) in [5, 5.41) is 3.46. The average molecular weight is 233 g/mol. The van der Waals surface area contributed by atoms with Crippen molar-refractivity contribution in [3.8, 4) is 0 Å². The molecule has 1 N–H and O–H groups in total. The van der Waals surface area contributed by atoms with E-state index in [-0.39, 0.29) is 5.60 Å². The highest BCUT2D eigenvalue weighted by molar-refractivity contribution is 5.29. The Morgan fingerprint density at radius 2 is 1.94 bits per heavy atom. The van der Waals surface area contributed by atoms with Crippen molar-refractivity contribution in [2.45, 2.75) is 38.2 Å². The maximum atomic E-state index is 5.50. The highest BCUT2D eigenvalue weighted by atomic mass is 16.5. The SMILES string of the molecule is COC(C)(C)c1ccc(C2CCCNC2)cc1. The molecule has 0 aliphatic carbocycles. The maximum absolute atomic E-state index is 5.50. The Hall–Kier alpha value is -0.860. The molecule has 0 radical (unpaired) electrons. The molecule has 1 aromatic carbocycles. The van der Waals surface area contributed by atoms with Crippen LogP contribution in [0.4, 0.5) is 0 Å². The number of hydrogen-bond donors (Lipinski definition) is 1. The second kappa shape index (κ2) is 5.19. The summed E-state index contributed by atoms with van der Waals surface area (Å²) in [7, 11) is 1.76. The van der Waals surface area contributed by atoms with Crippen LogP contribution in [0, 0.1) is 0 Å². The van der Waals surface area contributed by atoms with Crippen molar-refractivity contribution in [2.24, 2.45) is 0 Å². The topological polar surface area (TPSA) is 21.3 Å². The van der Waals surface area contributed by atoms with Crippen LogP contribution in [-0.4, -0.2) is 20.2 Å². The van der Waals surface area contributed by atoms with Gasteiger partial charge in [0, 0.05) is 13.7 Å². The smallest absolute Gasteiger partial charge is 0.0871 e. The number of rotatable bonds is 3. The molecule has 1 aliphatic rings.